The Morgan fingerprint density at radius 3 is 2.33 bits per heavy atom. The van der Waals surface area contributed by atoms with Gasteiger partial charge in [0.25, 0.3) is 5.91 Å². The number of halogens is 1. The molecule has 1 aromatic heterocycles. The van der Waals surface area contributed by atoms with E-state index in [0.29, 0.717) is 16.7 Å². The van der Waals surface area contributed by atoms with E-state index >= 15 is 0 Å². The molecule has 0 aliphatic carbocycles. The Balaban J connectivity index is 1.74. The van der Waals surface area contributed by atoms with Gasteiger partial charge in [-0.1, -0.05) is 13.8 Å². The van der Waals surface area contributed by atoms with E-state index in [-0.39, 0.29) is 17.2 Å². The Morgan fingerprint density at radius 1 is 1.00 bits per heavy atom. The molecule has 7 nitrogen and oxygen atoms in total. The smallest absolute Gasteiger partial charge is 0.323 e. The molecule has 0 unspecified atom stereocenters. The zero-order chi connectivity index (χ0) is 19.6. The van der Waals surface area contributed by atoms with Crippen LogP contribution in [0.25, 0.3) is 11.0 Å². The number of nitrogens with one attached hydrogen (secondary N) is 4. The molecule has 1 atom stereocenters. The number of hydrogen-bond acceptors (Lipinski definition) is 3. The maximum absolute atomic E-state index is 13.0. The summed E-state index contributed by atoms with van der Waals surface area (Å²) >= 11 is 0. The van der Waals surface area contributed by atoms with E-state index in [1.54, 1.807) is 18.2 Å². The van der Waals surface area contributed by atoms with Crippen LogP contribution in [0.1, 0.15) is 24.2 Å². The Morgan fingerprint density at radius 2 is 1.67 bits per heavy atom. The van der Waals surface area contributed by atoms with Gasteiger partial charge in [0.2, 0.25) is 5.91 Å². The number of hydrogen-bond donors (Lipinski definition) is 4. The van der Waals surface area contributed by atoms with Crippen molar-refractivity contribution in [3.05, 3.63) is 64.3 Å². The van der Waals surface area contributed by atoms with Crippen molar-refractivity contribution in [1.82, 2.24) is 15.3 Å². The zero-order valence-corrected chi connectivity index (χ0v) is 14.8. The summed E-state index contributed by atoms with van der Waals surface area (Å²) in [5.41, 5.74) is 1.61. The summed E-state index contributed by atoms with van der Waals surface area (Å²) < 4.78 is 13.0. The molecular formula is C19H19FN4O3. The van der Waals surface area contributed by atoms with Crippen molar-refractivity contribution >= 4 is 28.5 Å². The fourth-order valence-corrected chi connectivity index (χ4v) is 2.69. The summed E-state index contributed by atoms with van der Waals surface area (Å²) in [6.45, 7) is 3.62. The van der Waals surface area contributed by atoms with Gasteiger partial charge in [-0.15, -0.1) is 0 Å². The monoisotopic (exact) mass is 370 g/mol. The molecule has 0 radical (unpaired) electrons. The Kier molecular flexibility index (Phi) is 5.07. The average molecular weight is 370 g/mol. The van der Waals surface area contributed by atoms with Crippen LogP contribution < -0.4 is 16.3 Å². The molecular weight excluding hydrogens is 351 g/mol. The maximum atomic E-state index is 13.0. The minimum atomic E-state index is -0.788. The van der Waals surface area contributed by atoms with Crippen LogP contribution in [-0.2, 0) is 4.79 Å². The normalized spacial score (nSPS) is 12.1. The van der Waals surface area contributed by atoms with Gasteiger partial charge in [-0.25, -0.2) is 9.18 Å². The van der Waals surface area contributed by atoms with Gasteiger partial charge in [-0.05, 0) is 48.4 Å². The average Bonchev–Trinajstić information content (AvgIpc) is 2.99. The number of H-pyrrole nitrogens is 2. The van der Waals surface area contributed by atoms with Crippen molar-refractivity contribution in [2.24, 2.45) is 5.92 Å². The van der Waals surface area contributed by atoms with Crippen LogP contribution in [0.3, 0.4) is 0 Å². The van der Waals surface area contributed by atoms with E-state index in [9.17, 15) is 18.8 Å². The predicted molar refractivity (Wildman–Crippen MR) is 100 cm³/mol. The third-order valence-electron chi connectivity index (χ3n) is 4.13. The molecule has 0 saturated heterocycles. The molecule has 3 rings (SSSR count). The van der Waals surface area contributed by atoms with Crippen molar-refractivity contribution < 1.29 is 14.0 Å². The molecule has 1 heterocycles. The van der Waals surface area contributed by atoms with Gasteiger partial charge in [-0.2, -0.15) is 0 Å². The summed E-state index contributed by atoms with van der Waals surface area (Å²) in [7, 11) is 0. The molecule has 0 spiro atoms. The highest BCUT2D eigenvalue weighted by atomic mass is 19.1. The van der Waals surface area contributed by atoms with Crippen LogP contribution in [0.15, 0.2) is 47.3 Å². The molecule has 2 amide bonds. The molecule has 4 N–H and O–H groups in total. The second-order valence-electron chi connectivity index (χ2n) is 6.53. The van der Waals surface area contributed by atoms with E-state index in [0.717, 1.165) is 0 Å². The molecule has 3 aromatic rings. The van der Waals surface area contributed by atoms with Gasteiger partial charge in [0.05, 0.1) is 11.0 Å². The number of imidazole rings is 1. The summed E-state index contributed by atoms with van der Waals surface area (Å²) in [4.78, 5) is 41.6. The Labute approximate surface area is 154 Å². The van der Waals surface area contributed by atoms with Crippen molar-refractivity contribution in [3.63, 3.8) is 0 Å². The number of aromatic nitrogens is 2. The van der Waals surface area contributed by atoms with Gasteiger partial charge >= 0.3 is 5.69 Å². The fraction of sp³-hybridized carbons (Fsp3) is 0.211. The van der Waals surface area contributed by atoms with Crippen molar-refractivity contribution in [2.75, 3.05) is 5.32 Å². The highest BCUT2D eigenvalue weighted by Gasteiger charge is 2.25. The lowest BCUT2D eigenvalue weighted by molar-refractivity contribution is -0.118. The van der Waals surface area contributed by atoms with E-state index in [4.69, 9.17) is 0 Å². The minimum Gasteiger partial charge on any atom is -0.340 e. The lowest BCUT2D eigenvalue weighted by Crippen LogP contribution is -2.47. The van der Waals surface area contributed by atoms with Crippen molar-refractivity contribution in [3.8, 4) is 0 Å². The highest BCUT2D eigenvalue weighted by Crippen LogP contribution is 2.16. The molecule has 140 valence electrons. The minimum absolute atomic E-state index is 0.176. The van der Waals surface area contributed by atoms with Crippen LogP contribution in [0.2, 0.25) is 0 Å². The fourth-order valence-electron chi connectivity index (χ4n) is 2.69. The topological polar surface area (TPSA) is 107 Å². The quantitative estimate of drug-likeness (QED) is 0.554. The van der Waals surface area contributed by atoms with E-state index in [1.165, 1.54) is 24.3 Å². The van der Waals surface area contributed by atoms with Crippen LogP contribution in [0.5, 0.6) is 0 Å². The first-order valence-electron chi connectivity index (χ1n) is 8.43. The van der Waals surface area contributed by atoms with Gasteiger partial charge in [0.1, 0.15) is 11.9 Å². The third kappa shape index (κ3) is 4.22. The molecule has 0 bridgehead atoms. The van der Waals surface area contributed by atoms with Crippen LogP contribution in [0, 0.1) is 11.7 Å². The maximum Gasteiger partial charge on any atom is 0.323 e. The Hall–Kier alpha value is -3.42. The summed E-state index contributed by atoms with van der Waals surface area (Å²) in [6, 6.07) is 9.26. The third-order valence-corrected chi connectivity index (χ3v) is 4.13. The standard InChI is InChI=1S/C19H19FN4O3/c1-10(2)16(24-17(25)11-3-5-12(20)6-4-11)18(26)21-13-7-8-14-15(9-13)23-19(27)22-14/h3-10,16H,1-2H3,(H,21,26)(H,24,25)(H2,22,23,27)/t16-/m1/s1. The van der Waals surface area contributed by atoms with Gasteiger partial charge < -0.3 is 20.6 Å². The van der Waals surface area contributed by atoms with Crippen LogP contribution >= 0.6 is 0 Å². The number of rotatable bonds is 5. The molecule has 0 saturated carbocycles. The second-order valence-corrected chi connectivity index (χ2v) is 6.53. The van der Waals surface area contributed by atoms with Gasteiger partial charge in [0, 0.05) is 11.3 Å². The number of fused-ring (bicyclic) bond motifs is 1. The summed E-state index contributed by atoms with van der Waals surface area (Å²) in [6.07, 6.45) is 0. The Bertz CT molecular complexity index is 1040. The second kappa shape index (κ2) is 7.45. The van der Waals surface area contributed by atoms with Crippen molar-refractivity contribution in [1.29, 1.82) is 0 Å². The number of benzene rings is 2. The number of carbonyl (C=O) groups is 2. The molecule has 2 aromatic carbocycles. The summed E-state index contributed by atoms with van der Waals surface area (Å²) in [5.74, 6) is -1.47. The largest absolute Gasteiger partial charge is 0.340 e. The first-order chi connectivity index (χ1) is 12.8. The number of anilines is 1. The van der Waals surface area contributed by atoms with Crippen LogP contribution in [-0.4, -0.2) is 27.8 Å². The zero-order valence-electron chi connectivity index (χ0n) is 14.8. The van der Waals surface area contributed by atoms with Crippen molar-refractivity contribution in [2.45, 2.75) is 19.9 Å². The molecule has 27 heavy (non-hydrogen) atoms. The number of aromatic amines is 2. The molecule has 0 fully saturated rings. The first kappa shape index (κ1) is 18.4. The molecule has 0 aliphatic rings. The van der Waals surface area contributed by atoms with E-state index < -0.39 is 23.7 Å². The van der Waals surface area contributed by atoms with Gasteiger partial charge in [0.15, 0.2) is 0 Å². The lowest BCUT2D eigenvalue weighted by Gasteiger charge is -2.21. The number of amides is 2. The van der Waals surface area contributed by atoms with E-state index in [2.05, 4.69) is 20.6 Å². The SMILES string of the molecule is CC(C)[C@@H](NC(=O)c1ccc(F)cc1)C(=O)Nc1ccc2[nH]c(=O)[nH]c2c1. The molecule has 8 heteroatoms. The number of carbonyl (C=O) groups excluding carboxylic acids is 2. The van der Waals surface area contributed by atoms with Crippen LogP contribution in [0.4, 0.5) is 10.1 Å². The molecule has 0 aliphatic heterocycles. The first-order valence-corrected chi connectivity index (χ1v) is 8.43. The van der Waals surface area contributed by atoms with Gasteiger partial charge in [-0.3, -0.25) is 9.59 Å². The lowest BCUT2D eigenvalue weighted by atomic mass is 10.0. The van der Waals surface area contributed by atoms with E-state index in [1.807, 2.05) is 13.8 Å². The highest BCUT2D eigenvalue weighted by molar-refractivity contribution is 6.01. The summed E-state index contributed by atoms with van der Waals surface area (Å²) in [5, 5.41) is 5.42. The predicted octanol–water partition coefficient (Wildman–Crippen LogP) is 2.39.